The lowest BCUT2D eigenvalue weighted by Crippen LogP contribution is -2.40. The lowest BCUT2D eigenvalue weighted by Gasteiger charge is -2.25. The Morgan fingerprint density at radius 2 is 1.94 bits per heavy atom. The summed E-state index contributed by atoms with van der Waals surface area (Å²) in [7, 11) is 1.56. The van der Waals surface area contributed by atoms with Gasteiger partial charge in [0, 0.05) is 30.8 Å². The summed E-state index contributed by atoms with van der Waals surface area (Å²) in [5, 5.41) is 0. The zero-order valence-corrected chi connectivity index (χ0v) is 21.3. The summed E-state index contributed by atoms with van der Waals surface area (Å²) < 4.78 is 18.9. The summed E-state index contributed by atoms with van der Waals surface area (Å²) in [5.74, 6) is 1.39. The molecular formula is C26H29N3O5S. The molecule has 0 N–H and O–H groups in total. The van der Waals surface area contributed by atoms with Crippen LogP contribution < -0.4 is 24.5 Å². The summed E-state index contributed by atoms with van der Waals surface area (Å²) in [5.41, 5.74) is 1.24. The van der Waals surface area contributed by atoms with E-state index >= 15 is 0 Å². The van der Waals surface area contributed by atoms with E-state index in [4.69, 9.17) is 13.9 Å². The Bertz CT molecular complexity index is 1440. The molecule has 4 rings (SSSR count). The number of furan rings is 1. The quantitative estimate of drug-likeness (QED) is 0.446. The number of allylic oxidation sites excluding steroid dienone is 1. The van der Waals surface area contributed by atoms with E-state index in [1.54, 1.807) is 37.7 Å². The molecule has 0 fully saturated rings. The van der Waals surface area contributed by atoms with Crippen LogP contribution in [0.3, 0.4) is 0 Å². The van der Waals surface area contributed by atoms with Gasteiger partial charge in [-0.25, -0.2) is 9.79 Å². The molecule has 0 aliphatic carbocycles. The van der Waals surface area contributed by atoms with Crippen LogP contribution in [0.5, 0.6) is 5.75 Å². The van der Waals surface area contributed by atoms with Crippen LogP contribution in [0, 0.1) is 0 Å². The second kappa shape index (κ2) is 10.4. The van der Waals surface area contributed by atoms with Crippen molar-refractivity contribution in [1.82, 2.24) is 4.57 Å². The molecule has 1 atom stereocenters. The van der Waals surface area contributed by atoms with Crippen molar-refractivity contribution < 1.29 is 18.7 Å². The smallest absolute Gasteiger partial charge is 0.338 e. The number of rotatable bonds is 8. The van der Waals surface area contributed by atoms with Crippen molar-refractivity contribution in [3.05, 3.63) is 78.7 Å². The Kier molecular flexibility index (Phi) is 7.25. The van der Waals surface area contributed by atoms with Crippen LogP contribution in [0.2, 0.25) is 0 Å². The number of methoxy groups -OCH3 is 1. The van der Waals surface area contributed by atoms with E-state index in [0.29, 0.717) is 37.7 Å². The lowest BCUT2D eigenvalue weighted by atomic mass is 9.95. The molecule has 2 aromatic heterocycles. The molecule has 1 aromatic carbocycles. The predicted octanol–water partition coefficient (Wildman–Crippen LogP) is 3.25. The van der Waals surface area contributed by atoms with Crippen molar-refractivity contribution in [2.75, 3.05) is 31.7 Å². The molecule has 184 valence electrons. The lowest BCUT2D eigenvalue weighted by molar-refractivity contribution is -0.139. The molecule has 0 radical (unpaired) electrons. The van der Waals surface area contributed by atoms with E-state index in [1.807, 2.05) is 30.3 Å². The Balaban J connectivity index is 1.91. The van der Waals surface area contributed by atoms with Crippen molar-refractivity contribution >= 4 is 29.3 Å². The summed E-state index contributed by atoms with van der Waals surface area (Å²) in [6.07, 6.45) is 1.72. The molecule has 1 aliphatic heterocycles. The summed E-state index contributed by atoms with van der Waals surface area (Å²) >= 11 is 1.26. The summed E-state index contributed by atoms with van der Waals surface area (Å²) in [6.45, 7) is 9.48. The van der Waals surface area contributed by atoms with Crippen LogP contribution in [0.25, 0.3) is 6.08 Å². The highest BCUT2D eigenvalue weighted by atomic mass is 32.1. The molecule has 0 unspecified atom stereocenters. The van der Waals surface area contributed by atoms with Gasteiger partial charge in [-0.1, -0.05) is 29.5 Å². The highest BCUT2D eigenvalue weighted by Gasteiger charge is 2.34. The van der Waals surface area contributed by atoms with E-state index in [1.165, 1.54) is 11.3 Å². The van der Waals surface area contributed by atoms with Gasteiger partial charge in [-0.15, -0.1) is 0 Å². The van der Waals surface area contributed by atoms with E-state index in [2.05, 4.69) is 23.7 Å². The fraction of sp³-hybridized carbons (Fsp3) is 0.346. The number of carbonyl (C=O) groups excluding carboxylic acids is 1. The maximum Gasteiger partial charge on any atom is 0.338 e. The van der Waals surface area contributed by atoms with Gasteiger partial charge in [-0.3, -0.25) is 9.36 Å². The van der Waals surface area contributed by atoms with Gasteiger partial charge in [0.25, 0.3) is 5.56 Å². The topological polar surface area (TPSA) is 86.3 Å². The first-order chi connectivity index (χ1) is 16.9. The molecule has 0 amide bonds. The molecule has 9 heteroatoms. The van der Waals surface area contributed by atoms with Crippen molar-refractivity contribution in [1.29, 1.82) is 0 Å². The zero-order chi connectivity index (χ0) is 25.1. The minimum atomic E-state index is -0.730. The Hall–Kier alpha value is -3.59. The number of esters is 1. The molecule has 3 heterocycles. The number of anilines is 1. The van der Waals surface area contributed by atoms with Crippen LogP contribution in [0.15, 0.2) is 61.9 Å². The Labute approximate surface area is 207 Å². The molecule has 0 bridgehead atoms. The Morgan fingerprint density at radius 1 is 1.20 bits per heavy atom. The summed E-state index contributed by atoms with van der Waals surface area (Å²) in [6, 6.07) is 10.4. The number of thiazole rings is 1. The van der Waals surface area contributed by atoms with Crippen molar-refractivity contribution in [2.24, 2.45) is 4.99 Å². The molecular weight excluding hydrogens is 466 g/mol. The first-order valence-corrected chi connectivity index (χ1v) is 12.4. The first-order valence-electron chi connectivity index (χ1n) is 11.6. The number of ether oxygens (including phenoxy) is 2. The number of carbonyl (C=O) groups is 1. The van der Waals surface area contributed by atoms with Gasteiger partial charge in [-0.2, -0.15) is 0 Å². The van der Waals surface area contributed by atoms with E-state index in [9.17, 15) is 9.59 Å². The van der Waals surface area contributed by atoms with Crippen molar-refractivity contribution in [3.63, 3.8) is 0 Å². The molecule has 0 saturated carbocycles. The number of para-hydroxylation sites is 1. The standard InChI is InChI=1S/C26H29N3O5S/c1-6-28(7-2)21-14-13-17(34-21)15-20-24(30)29-23(18-11-9-10-12-19(18)32-5)22(25(31)33-8-3)16(4)27-26(29)35-20/h9-15,23H,6-8H2,1-5H3/b20-15+/t23-/m1/s1. The monoisotopic (exact) mass is 495 g/mol. The van der Waals surface area contributed by atoms with Crippen LogP contribution in [-0.2, 0) is 9.53 Å². The predicted molar refractivity (Wildman–Crippen MR) is 136 cm³/mol. The van der Waals surface area contributed by atoms with Crippen molar-refractivity contribution in [3.8, 4) is 5.75 Å². The highest BCUT2D eigenvalue weighted by molar-refractivity contribution is 7.07. The van der Waals surface area contributed by atoms with Gasteiger partial charge >= 0.3 is 5.97 Å². The molecule has 3 aromatic rings. The van der Waals surface area contributed by atoms with Crippen LogP contribution in [0.1, 0.15) is 45.1 Å². The number of nitrogens with zero attached hydrogens (tertiary/aromatic N) is 3. The summed E-state index contributed by atoms with van der Waals surface area (Å²) in [4.78, 5) is 33.9. The van der Waals surface area contributed by atoms with Gasteiger partial charge in [0.2, 0.25) is 0 Å². The van der Waals surface area contributed by atoms with Gasteiger partial charge in [0.05, 0.1) is 29.5 Å². The third kappa shape index (κ3) is 4.55. The number of aromatic nitrogens is 1. The van der Waals surface area contributed by atoms with E-state index in [-0.39, 0.29) is 12.2 Å². The Morgan fingerprint density at radius 3 is 2.63 bits per heavy atom. The van der Waals surface area contributed by atoms with Crippen LogP contribution in [0.4, 0.5) is 5.88 Å². The van der Waals surface area contributed by atoms with E-state index < -0.39 is 12.0 Å². The van der Waals surface area contributed by atoms with Crippen LogP contribution >= 0.6 is 11.3 Å². The second-order valence-electron chi connectivity index (χ2n) is 7.89. The number of hydrogen-bond donors (Lipinski definition) is 0. The number of benzene rings is 1. The number of hydrogen-bond acceptors (Lipinski definition) is 8. The molecule has 8 nitrogen and oxygen atoms in total. The third-order valence-electron chi connectivity index (χ3n) is 5.91. The third-order valence-corrected chi connectivity index (χ3v) is 6.89. The minimum Gasteiger partial charge on any atom is -0.496 e. The first kappa shape index (κ1) is 24.5. The maximum absolute atomic E-state index is 13.7. The molecule has 0 spiro atoms. The fourth-order valence-corrected chi connectivity index (χ4v) is 5.26. The minimum absolute atomic E-state index is 0.214. The van der Waals surface area contributed by atoms with Gasteiger partial charge in [-0.05, 0) is 39.8 Å². The van der Waals surface area contributed by atoms with Gasteiger partial charge in [0.15, 0.2) is 10.7 Å². The van der Waals surface area contributed by atoms with Gasteiger partial charge < -0.3 is 18.8 Å². The van der Waals surface area contributed by atoms with Crippen LogP contribution in [-0.4, -0.2) is 37.3 Å². The van der Waals surface area contributed by atoms with Gasteiger partial charge in [0.1, 0.15) is 17.6 Å². The fourth-order valence-electron chi connectivity index (χ4n) is 4.23. The SMILES string of the molecule is CCOC(=O)C1=C(C)N=c2s/c(=C/c3ccc(N(CC)CC)o3)c(=O)n2[C@@H]1c1ccccc1OC. The normalized spacial score (nSPS) is 15.6. The largest absolute Gasteiger partial charge is 0.496 e. The van der Waals surface area contributed by atoms with Crippen molar-refractivity contribution in [2.45, 2.75) is 33.7 Å². The average molecular weight is 496 g/mol. The second-order valence-corrected chi connectivity index (χ2v) is 8.90. The zero-order valence-electron chi connectivity index (χ0n) is 20.5. The average Bonchev–Trinajstić information content (AvgIpc) is 3.43. The molecule has 0 saturated heterocycles. The highest BCUT2D eigenvalue weighted by Crippen LogP contribution is 2.35. The molecule has 1 aliphatic rings. The molecule has 35 heavy (non-hydrogen) atoms. The maximum atomic E-state index is 13.7. The number of fused-ring (bicyclic) bond motifs is 1. The van der Waals surface area contributed by atoms with E-state index in [0.717, 1.165) is 19.0 Å².